The van der Waals surface area contributed by atoms with Crippen LogP contribution in [0.3, 0.4) is 0 Å². The molecule has 0 bridgehead atoms. The molecule has 28 heavy (non-hydrogen) atoms. The van der Waals surface area contributed by atoms with Crippen molar-refractivity contribution in [1.82, 2.24) is 9.88 Å². The summed E-state index contributed by atoms with van der Waals surface area (Å²) in [6.45, 7) is 7.00. The number of rotatable bonds is 6. The minimum atomic E-state index is -0.421. The van der Waals surface area contributed by atoms with Crippen LogP contribution >= 0.6 is 11.3 Å². The molecular weight excluding hydrogens is 383 g/mol. The van der Waals surface area contributed by atoms with Crippen molar-refractivity contribution in [3.8, 4) is 0 Å². The second-order valence-electron chi connectivity index (χ2n) is 6.44. The second kappa shape index (κ2) is 9.11. The molecule has 1 N–H and O–H groups in total. The number of nitrogens with one attached hydrogen (secondary N) is 1. The summed E-state index contributed by atoms with van der Waals surface area (Å²) in [5, 5.41) is 3.16. The van der Waals surface area contributed by atoms with Crippen LogP contribution in [0.4, 0.5) is 15.2 Å². The number of carbonyl (C=O) groups is 2. The molecule has 0 spiro atoms. The van der Waals surface area contributed by atoms with Gasteiger partial charge in [-0.05, 0) is 38.1 Å². The molecule has 0 atom stereocenters. The Morgan fingerprint density at radius 3 is 2.54 bits per heavy atom. The van der Waals surface area contributed by atoms with Crippen molar-refractivity contribution >= 4 is 34.0 Å². The van der Waals surface area contributed by atoms with Gasteiger partial charge in [0, 0.05) is 31.9 Å². The van der Waals surface area contributed by atoms with E-state index in [1.807, 2.05) is 0 Å². The van der Waals surface area contributed by atoms with Crippen LogP contribution in [-0.2, 0) is 9.53 Å². The number of esters is 1. The van der Waals surface area contributed by atoms with Gasteiger partial charge in [0.1, 0.15) is 10.7 Å². The smallest absolute Gasteiger partial charge is 0.350 e. The summed E-state index contributed by atoms with van der Waals surface area (Å²) in [6.07, 6.45) is 0. The molecule has 2 aromatic rings. The van der Waals surface area contributed by atoms with Gasteiger partial charge in [0.05, 0.1) is 18.8 Å². The number of thiazole rings is 1. The van der Waals surface area contributed by atoms with Crippen molar-refractivity contribution in [1.29, 1.82) is 0 Å². The molecule has 1 fully saturated rings. The quantitative estimate of drug-likeness (QED) is 0.743. The molecule has 1 aliphatic heterocycles. The largest absolute Gasteiger partial charge is 0.462 e. The van der Waals surface area contributed by atoms with Gasteiger partial charge in [-0.25, -0.2) is 14.2 Å². The second-order valence-corrected chi connectivity index (χ2v) is 7.44. The third-order valence-corrected chi connectivity index (χ3v) is 5.49. The molecule has 2 heterocycles. The van der Waals surface area contributed by atoms with E-state index in [1.54, 1.807) is 26.0 Å². The molecule has 9 heteroatoms. The number of aromatic nitrogens is 1. The number of ether oxygens (including phenoxy) is 1. The van der Waals surface area contributed by atoms with Crippen molar-refractivity contribution in [2.24, 2.45) is 0 Å². The van der Waals surface area contributed by atoms with Gasteiger partial charge in [-0.1, -0.05) is 11.3 Å². The van der Waals surface area contributed by atoms with Gasteiger partial charge in [-0.3, -0.25) is 9.69 Å². The number of halogens is 1. The molecule has 1 aliphatic rings. The highest BCUT2D eigenvalue weighted by Crippen LogP contribution is 2.23. The van der Waals surface area contributed by atoms with Crippen LogP contribution in [-0.4, -0.2) is 61.1 Å². The Morgan fingerprint density at radius 1 is 1.21 bits per heavy atom. The summed E-state index contributed by atoms with van der Waals surface area (Å²) in [4.78, 5) is 33.0. The first-order chi connectivity index (χ1) is 13.5. The Labute approximate surface area is 167 Å². The monoisotopic (exact) mass is 406 g/mol. The lowest BCUT2D eigenvalue weighted by Crippen LogP contribution is -2.48. The van der Waals surface area contributed by atoms with Gasteiger partial charge in [-0.2, -0.15) is 0 Å². The van der Waals surface area contributed by atoms with E-state index < -0.39 is 5.97 Å². The van der Waals surface area contributed by atoms with Crippen LogP contribution in [0, 0.1) is 12.7 Å². The van der Waals surface area contributed by atoms with E-state index in [4.69, 9.17) is 4.74 Å². The molecule has 0 radical (unpaired) electrons. The fraction of sp³-hybridized carbons (Fsp3) is 0.421. The number of hydrogen-bond donors (Lipinski definition) is 1. The zero-order valence-corrected chi connectivity index (χ0v) is 16.7. The molecule has 150 valence electrons. The third-order valence-electron chi connectivity index (χ3n) is 4.44. The van der Waals surface area contributed by atoms with Crippen LogP contribution < -0.4 is 10.2 Å². The normalized spacial score (nSPS) is 14.8. The van der Waals surface area contributed by atoms with E-state index >= 15 is 0 Å². The van der Waals surface area contributed by atoms with Gasteiger partial charge >= 0.3 is 5.97 Å². The lowest BCUT2D eigenvalue weighted by Gasteiger charge is -2.35. The van der Waals surface area contributed by atoms with Gasteiger partial charge in [0.25, 0.3) is 0 Å². The topological polar surface area (TPSA) is 74.8 Å². The molecule has 0 saturated carbocycles. The van der Waals surface area contributed by atoms with Crippen molar-refractivity contribution in [2.75, 3.05) is 49.5 Å². The number of carbonyl (C=O) groups excluding carboxylic acids is 2. The van der Waals surface area contributed by atoms with Gasteiger partial charge in [0.15, 0.2) is 5.13 Å². The summed E-state index contributed by atoms with van der Waals surface area (Å²) in [6, 6.07) is 6.44. The standard InChI is InChI=1S/C19H23FN4O3S/c1-3-27-18(26)17-13(2)21-19(28-17)22-16(25)12-23-8-10-24(11-9-23)15-6-4-14(20)5-7-15/h4-7H,3,8-12H2,1-2H3,(H,21,22,25). The SMILES string of the molecule is CCOC(=O)c1sc(NC(=O)CN2CCN(c3ccc(F)cc3)CC2)nc1C. The fourth-order valence-corrected chi connectivity index (χ4v) is 3.89. The lowest BCUT2D eigenvalue weighted by atomic mass is 10.2. The van der Waals surface area contributed by atoms with Crippen molar-refractivity contribution in [2.45, 2.75) is 13.8 Å². The average molecular weight is 406 g/mol. The van der Waals surface area contributed by atoms with Crippen molar-refractivity contribution < 1.29 is 18.7 Å². The number of aryl methyl sites for hydroxylation is 1. The molecule has 1 amide bonds. The zero-order chi connectivity index (χ0) is 20.1. The number of nitrogens with zero attached hydrogens (tertiary/aromatic N) is 3. The molecule has 1 saturated heterocycles. The highest BCUT2D eigenvalue weighted by Gasteiger charge is 2.21. The number of anilines is 2. The van der Waals surface area contributed by atoms with Crippen LogP contribution in [0.5, 0.6) is 0 Å². The van der Waals surface area contributed by atoms with E-state index in [2.05, 4.69) is 20.1 Å². The summed E-state index contributed by atoms with van der Waals surface area (Å²) in [5.41, 5.74) is 1.53. The summed E-state index contributed by atoms with van der Waals surface area (Å²) in [7, 11) is 0. The van der Waals surface area contributed by atoms with E-state index in [0.717, 1.165) is 43.2 Å². The summed E-state index contributed by atoms with van der Waals surface area (Å²) in [5.74, 6) is -0.836. The Balaban J connectivity index is 1.49. The minimum absolute atomic E-state index is 0.167. The van der Waals surface area contributed by atoms with E-state index in [-0.39, 0.29) is 18.3 Å². The molecular formula is C19H23FN4O3S. The number of amides is 1. The van der Waals surface area contributed by atoms with Gasteiger partial charge in [-0.15, -0.1) is 0 Å². The molecule has 1 aromatic carbocycles. The molecule has 0 aliphatic carbocycles. The Kier molecular flexibility index (Phi) is 6.58. The summed E-state index contributed by atoms with van der Waals surface area (Å²) >= 11 is 1.12. The molecule has 0 unspecified atom stereocenters. The van der Waals surface area contributed by atoms with E-state index in [1.165, 1.54) is 12.1 Å². The molecule has 1 aromatic heterocycles. The molecule has 3 rings (SSSR count). The minimum Gasteiger partial charge on any atom is -0.462 e. The van der Waals surface area contributed by atoms with Crippen LogP contribution in [0.25, 0.3) is 0 Å². The fourth-order valence-electron chi connectivity index (χ4n) is 3.01. The maximum Gasteiger partial charge on any atom is 0.350 e. The number of benzene rings is 1. The van der Waals surface area contributed by atoms with Crippen LogP contribution in [0.2, 0.25) is 0 Å². The maximum atomic E-state index is 13.0. The molecule has 7 nitrogen and oxygen atoms in total. The zero-order valence-electron chi connectivity index (χ0n) is 15.9. The Bertz CT molecular complexity index is 832. The first-order valence-electron chi connectivity index (χ1n) is 9.13. The first-order valence-corrected chi connectivity index (χ1v) is 9.95. The van der Waals surface area contributed by atoms with Crippen molar-refractivity contribution in [3.05, 3.63) is 40.7 Å². The average Bonchev–Trinajstić information content (AvgIpc) is 3.03. The Hall–Kier alpha value is -2.52. The maximum absolute atomic E-state index is 13.0. The Morgan fingerprint density at radius 2 is 1.89 bits per heavy atom. The van der Waals surface area contributed by atoms with E-state index in [9.17, 15) is 14.0 Å². The highest BCUT2D eigenvalue weighted by atomic mass is 32.1. The number of piperazine rings is 1. The van der Waals surface area contributed by atoms with Gasteiger partial charge in [0.2, 0.25) is 5.91 Å². The van der Waals surface area contributed by atoms with Crippen LogP contribution in [0.1, 0.15) is 22.3 Å². The van der Waals surface area contributed by atoms with Crippen LogP contribution in [0.15, 0.2) is 24.3 Å². The predicted molar refractivity (Wildman–Crippen MR) is 106 cm³/mol. The van der Waals surface area contributed by atoms with Gasteiger partial charge < -0.3 is 15.0 Å². The van der Waals surface area contributed by atoms with Crippen molar-refractivity contribution in [3.63, 3.8) is 0 Å². The highest BCUT2D eigenvalue weighted by molar-refractivity contribution is 7.17. The lowest BCUT2D eigenvalue weighted by molar-refractivity contribution is -0.117. The third kappa shape index (κ3) is 5.05. The first kappa shape index (κ1) is 20.2. The number of hydrogen-bond acceptors (Lipinski definition) is 7. The summed E-state index contributed by atoms with van der Waals surface area (Å²) < 4.78 is 18.0. The predicted octanol–water partition coefficient (Wildman–Crippen LogP) is 2.53. The van der Waals surface area contributed by atoms with E-state index in [0.29, 0.717) is 22.3 Å².